The van der Waals surface area contributed by atoms with Crippen LogP contribution in [0.5, 0.6) is 0 Å². The molecular weight excluding hydrogens is 322 g/mol. The van der Waals surface area contributed by atoms with Gasteiger partial charge in [0, 0.05) is 37.1 Å². The van der Waals surface area contributed by atoms with Crippen LogP contribution in [0.2, 0.25) is 0 Å². The lowest BCUT2D eigenvalue weighted by molar-refractivity contribution is 0.0692. The second-order valence-electron chi connectivity index (χ2n) is 5.21. The highest BCUT2D eigenvalue weighted by atomic mass is 32.2. The molecule has 0 aromatic carbocycles. The third-order valence-corrected chi connectivity index (χ3v) is 4.81. The van der Waals surface area contributed by atoms with E-state index in [1.54, 1.807) is 0 Å². The number of rotatable bonds is 3. The molecule has 2 aromatic rings. The van der Waals surface area contributed by atoms with Gasteiger partial charge in [0.25, 0.3) is 0 Å². The van der Waals surface area contributed by atoms with E-state index in [1.165, 1.54) is 12.3 Å². The summed E-state index contributed by atoms with van der Waals surface area (Å²) in [6.45, 7) is 2.32. The molecule has 0 saturated carbocycles. The number of ether oxygens (including phenoxy) is 1. The molecule has 1 fully saturated rings. The zero-order chi connectivity index (χ0) is 16.6. The molecule has 9 heteroatoms. The van der Waals surface area contributed by atoms with E-state index < -0.39 is 15.8 Å². The number of morpholine rings is 1. The molecule has 1 aliphatic rings. The van der Waals surface area contributed by atoms with E-state index in [-0.39, 0.29) is 15.8 Å². The number of hydrogen-bond acceptors (Lipinski definition) is 7. The Morgan fingerprint density at radius 2 is 2.00 bits per heavy atom. The Morgan fingerprint density at radius 1 is 1.30 bits per heavy atom. The Balaban J connectivity index is 2.30. The summed E-state index contributed by atoms with van der Waals surface area (Å²) < 4.78 is 29.5. The van der Waals surface area contributed by atoms with Crippen molar-refractivity contribution >= 4 is 32.5 Å². The van der Waals surface area contributed by atoms with E-state index in [9.17, 15) is 18.3 Å². The summed E-state index contributed by atoms with van der Waals surface area (Å²) in [6.07, 6.45) is 3.53. The van der Waals surface area contributed by atoms with Gasteiger partial charge in [-0.1, -0.05) is 0 Å². The first-order valence-electron chi connectivity index (χ1n) is 6.93. The van der Waals surface area contributed by atoms with Crippen molar-refractivity contribution in [3.05, 3.63) is 24.0 Å². The summed E-state index contributed by atoms with van der Waals surface area (Å²) in [4.78, 5) is 21.5. The van der Waals surface area contributed by atoms with Gasteiger partial charge in [0.15, 0.2) is 15.7 Å². The number of pyridine rings is 2. The minimum absolute atomic E-state index is 0.230. The molecular formula is C14H15N3O5S. The minimum Gasteiger partial charge on any atom is -0.478 e. The molecule has 1 N–H and O–H groups in total. The molecule has 3 rings (SSSR count). The SMILES string of the molecule is CS(=O)(=O)c1c(C(=O)O)cnc2c(N3CCOCC3)nccc12. The molecule has 8 nitrogen and oxygen atoms in total. The van der Waals surface area contributed by atoms with E-state index in [0.29, 0.717) is 37.6 Å². The first-order valence-corrected chi connectivity index (χ1v) is 8.82. The van der Waals surface area contributed by atoms with Gasteiger partial charge in [-0.2, -0.15) is 0 Å². The minimum atomic E-state index is -3.74. The van der Waals surface area contributed by atoms with Crippen molar-refractivity contribution in [2.24, 2.45) is 0 Å². The van der Waals surface area contributed by atoms with Crippen LogP contribution in [0.1, 0.15) is 10.4 Å². The fourth-order valence-electron chi connectivity index (χ4n) is 2.64. The fraction of sp³-hybridized carbons (Fsp3) is 0.357. The number of carboxylic acids is 1. The molecule has 3 heterocycles. The molecule has 1 saturated heterocycles. The molecule has 0 amide bonds. The Hall–Kier alpha value is -2.26. The van der Waals surface area contributed by atoms with E-state index >= 15 is 0 Å². The van der Waals surface area contributed by atoms with Gasteiger partial charge in [0.1, 0.15) is 5.52 Å². The monoisotopic (exact) mass is 337 g/mol. The molecule has 0 unspecified atom stereocenters. The van der Waals surface area contributed by atoms with Crippen LogP contribution in [0.4, 0.5) is 5.82 Å². The smallest absolute Gasteiger partial charge is 0.338 e. The third-order valence-electron chi connectivity index (χ3n) is 3.63. The van der Waals surface area contributed by atoms with Crippen LogP contribution in [-0.4, -0.2) is 62.0 Å². The summed E-state index contributed by atoms with van der Waals surface area (Å²) in [5, 5.41) is 9.53. The molecule has 122 valence electrons. The number of carboxylic acid groups (broad SMARTS) is 1. The maximum atomic E-state index is 12.1. The lowest BCUT2D eigenvalue weighted by atomic mass is 10.2. The first-order chi connectivity index (χ1) is 10.9. The molecule has 0 bridgehead atoms. The summed E-state index contributed by atoms with van der Waals surface area (Å²) >= 11 is 0. The van der Waals surface area contributed by atoms with Crippen molar-refractivity contribution in [3.8, 4) is 0 Å². The van der Waals surface area contributed by atoms with E-state index in [0.717, 1.165) is 12.5 Å². The van der Waals surface area contributed by atoms with Crippen LogP contribution in [0.15, 0.2) is 23.4 Å². The van der Waals surface area contributed by atoms with Gasteiger partial charge in [0.2, 0.25) is 0 Å². The van der Waals surface area contributed by atoms with Crippen LogP contribution in [0, 0.1) is 0 Å². The normalized spacial score (nSPS) is 15.8. The lowest BCUT2D eigenvalue weighted by Crippen LogP contribution is -2.37. The van der Waals surface area contributed by atoms with Gasteiger partial charge in [-0.05, 0) is 6.07 Å². The molecule has 0 aliphatic carbocycles. The van der Waals surface area contributed by atoms with Crippen LogP contribution < -0.4 is 4.90 Å². The standard InChI is InChI=1S/C14H15N3O5S/c1-23(20,21)12-9-2-3-15-13(17-4-6-22-7-5-17)11(9)16-8-10(12)14(18)19/h2-3,8H,4-7H2,1H3,(H,18,19). The number of fused-ring (bicyclic) bond motifs is 1. The van der Waals surface area contributed by atoms with Crippen LogP contribution in [0.25, 0.3) is 10.9 Å². The van der Waals surface area contributed by atoms with Crippen LogP contribution >= 0.6 is 0 Å². The number of sulfone groups is 1. The quantitative estimate of drug-likeness (QED) is 0.865. The van der Waals surface area contributed by atoms with E-state index in [1.807, 2.05) is 4.90 Å². The average molecular weight is 337 g/mol. The second kappa shape index (κ2) is 5.74. The Morgan fingerprint density at radius 3 is 2.61 bits per heavy atom. The van der Waals surface area contributed by atoms with Crippen molar-refractivity contribution in [1.29, 1.82) is 0 Å². The molecule has 0 radical (unpaired) electrons. The van der Waals surface area contributed by atoms with Crippen LogP contribution in [0.3, 0.4) is 0 Å². The van der Waals surface area contributed by atoms with E-state index in [4.69, 9.17) is 4.74 Å². The maximum Gasteiger partial charge on any atom is 0.338 e. The Bertz CT molecular complexity index is 875. The van der Waals surface area contributed by atoms with Crippen molar-refractivity contribution in [1.82, 2.24) is 9.97 Å². The first kappa shape index (κ1) is 15.6. The Kier molecular flexibility index (Phi) is 3.90. The van der Waals surface area contributed by atoms with E-state index in [2.05, 4.69) is 9.97 Å². The number of nitrogens with zero attached hydrogens (tertiary/aromatic N) is 3. The largest absolute Gasteiger partial charge is 0.478 e. The number of aromatic nitrogens is 2. The van der Waals surface area contributed by atoms with Crippen molar-refractivity contribution in [2.75, 3.05) is 37.5 Å². The Labute approximate surface area is 132 Å². The molecule has 0 spiro atoms. The number of aromatic carboxylic acids is 1. The topological polar surface area (TPSA) is 110 Å². The highest BCUT2D eigenvalue weighted by Crippen LogP contribution is 2.30. The number of anilines is 1. The number of carbonyl (C=O) groups is 1. The lowest BCUT2D eigenvalue weighted by Gasteiger charge is -2.28. The molecule has 0 atom stereocenters. The van der Waals surface area contributed by atoms with Crippen molar-refractivity contribution in [2.45, 2.75) is 4.90 Å². The predicted molar refractivity (Wildman–Crippen MR) is 82.6 cm³/mol. The zero-order valence-corrected chi connectivity index (χ0v) is 13.2. The highest BCUT2D eigenvalue weighted by Gasteiger charge is 2.25. The second-order valence-corrected chi connectivity index (χ2v) is 7.16. The number of hydrogen-bond donors (Lipinski definition) is 1. The third kappa shape index (κ3) is 2.84. The summed E-state index contributed by atoms with van der Waals surface area (Å²) in [5.41, 5.74) is 0.0407. The van der Waals surface area contributed by atoms with Gasteiger partial charge in [-0.25, -0.2) is 18.2 Å². The predicted octanol–water partition coefficient (Wildman–Crippen LogP) is 0.568. The molecule has 23 heavy (non-hydrogen) atoms. The van der Waals surface area contributed by atoms with Gasteiger partial charge in [-0.15, -0.1) is 0 Å². The molecule has 1 aliphatic heterocycles. The van der Waals surface area contributed by atoms with Gasteiger partial charge >= 0.3 is 5.97 Å². The van der Waals surface area contributed by atoms with Crippen LogP contribution in [-0.2, 0) is 14.6 Å². The van der Waals surface area contributed by atoms with Crippen molar-refractivity contribution < 1.29 is 23.1 Å². The summed E-state index contributed by atoms with van der Waals surface area (Å²) in [5.74, 6) is -0.794. The molecule has 2 aromatic heterocycles. The summed E-state index contributed by atoms with van der Waals surface area (Å²) in [7, 11) is -3.74. The van der Waals surface area contributed by atoms with Gasteiger partial charge in [0.05, 0.1) is 23.7 Å². The van der Waals surface area contributed by atoms with Crippen molar-refractivity contribution in [3.63, 3.8) is 0 Å². The summed E-state index contributed by atoms with van der Waals surface area (Å²) in [6, 6.07) is 1.48. The fourth-order valence-corrected chi connectivity index (χ4v) is 3.75. The zero-order valence-electron chi connectivity index (χ0n) is 12.4. The average Bonchev–Trinajstić information content (AvgIpc) is 2.52. The van der Waals surface area contributed by atoms with Gasteiger partial charge in [-0.3, -0.25) is 4.98 Å². The maximum absolute atomic E-state index is 12.1. The van der Waals surface area contributed by atoms with Gasteiger partial charge < -0.3 is 14.7 Å². The highest BCUT2D eigenvalue weighted by molar-refractivity contribution is 7.91.